The van der Waals surface area contributed by atoms with Gasteiger partial charge in [0.15, 0.2) is 0 Å². The highest BCUT2D eigenvalue weighted by atomic mass is 35.5. The molecule has 2 aromatic carbocycles. The largest absolute Gasteiger partial charge is 0.497 e. The SMILES string of the molecule is COc1ccc(C=CCNC(=O)OCc2ccccc2)c(Cl)c1. The van der Waals surface area contributed by atoms with Crippen LogP contribution in [0.4, 0.5) is 4.79 Å². The summed E-state index contributed by atoms with van der Waals surface area (Å²) in [7, 11) is 1.59. The van der Waals surface area contributed by atoms with E-state index in [4.69, 9.17) is 21.1 Å². The Morgan fingerprint density at radius 1 is 1.22 bits per heavy atom. The zero-order valence-corrected chi connectivity index (χ0v) is 13.5. The Kier molecular flexibility index (Phi) is 6.51. The van der Waals surface area contributed by atoms with Crippen molar-refractivity contribution in [2.24, 2.45) is 0 Å². The summed E-state index contributed by atoms with van der Waals surface area (Å²) in [4.78, 5) is 11.6. The fraction of sp³-hybridized carbons (Fsp3) is 0.167. The van der Waals surface area contributed by atoms with Gasteiger partial charge in [0.1, 0.15) is 12.4 Å². The van der Waals surface area contributed by atoms with E-state index in [0.29, 0.717) is 17.3 Å². The molecule has 5 heteroatoms. The summed E-state index contributed by atoms with van der Waals surface area (Å²) in [6.07, 6.45) is 3.18. The molecule has 0 aliphatic heterocycles. The Morgan fingerprint density at radius 3 is 2.70 bits per heavy atom. The van der Waals surface area contributed by atoms with E-state index in [-0.39, 0.29) is 6.61 Å². The van der Waals surface area contributed by atoms with Crippen LogP contribution in [0.15, 0.2) is 54.6 Å². The van der Waals surface area contributed by atoms with E-state index in [1.807, 2.05) is 48.5 Å². The highest BCUT2D eigenvalue weighted by Crippen LogP contribution is 2.23. The van der Waals surface area contributed by atoms with Crippen molar-refractivity contribution < 1.29 is 14.3 Å². The average molecular weight is 332 g/mol. The number of ether oxygens (including phenoxy) is 2. The molecule has 0 radical (unpaired) electrons. The van der Waals surface area contributed by atoms with Gasteiger partial charge in [-0.15, -0.1) is 0 Å². The van der Waals surface area contributed by atoms with Gasteiger partial charge in [-0.2, -0.15) is 0 Å². The molecule has 0 bridgehead atoms. The summed E-state index contributed by atoms with van der Waals surface area (Å²) in [6, 6.07) is 14.9. The summed E-state index contributed by atoms with van der Waals surface area (Å²) in [6.45, 7) is 0.608. The number of amides is 1. The van der Waals surface area contributed by atoms with Gasteiger partial charge >= 0.3 is 6.09 Å². The van der Waals surface area contributed by atoms with Gasteiger partial charge in [0.2, 0.25) is 0 Å². The van der Waals surface area contributed by atoms with Crippen molar-refractivity contribution in [2.45, 2.75) is 6.61 Å². The molecule has 1 amide bonds. The molecule has 0 heterocycles. The zero-order chi connectivity index (χ0) is 16.5. The highest BCUT2D eigenvalue weighted by Gasteiger charge is 2.01. The van der Waals surface area contributed by atoms with Crippen LogP contribution < -0.4 is 10.1 Å². The molecule has 0 saturated carbocycles. The smallest absolute Gasteiger partial charge is 0.407 e. The average Bonchev–Trinajstić information content (AvgIpc) is 2.58. The first-order valence-electron chi connectivity index (χ1n) is 7.13. The van der Waals surface area contributed by atoms with Gasteiger partial charge in [0.05, 0.1) is 12.1 Å². The molecule has 0 spiro atoms. The van der Waals surface area contributed by atoms with E-state index >= 15 is 0 Å². The van der Waals surface area contributed by atoms with Crippen molar-refractivity contribution in [2.75, 3.05) is 13.7 Å². The minimum atomic E-state index is -0.459. The summed E-state index contributed by atoms with van der Waals surface area (Å²) < 4.78 is 10.2. The second-order valence-corrected chi connectivity index (χ2v) is 5.14. The van der Waals surface area contributed by atoms with Crippen molar-refractivity contribution in [3.05, 3.63) is 70.8 Å². The topological polar surface area (TPSA) is 47.6 Å². The van der Waals surface area contributed by atoms with Crippen LogP contribution in [0.25, 0.3) is 6.08 Å². The summed E-state index contributed by atoms with van der Waals surface area (Å²) in [5.74, 6) is 0.703. The van der Waals surface area contributed by atoms with Gasteiger partial charge in [0, 0.05) is 6.54 Å². The van der Waals surface area contributed by atoms with Gasteiger partial charge in [-0.3, -0.25) is 0 Å². The normalized spacial score (nSPS) is 10.5. The lowest BCUT2D eigenvalue weighted by Gasteiger charge is -2.05. The van der Waals surface area contributed by atoms with Gasteiger partial charge < -0.3 is 14.8 Å². The Hall–Kier alpha value is -2.46. The number of carbonyl (C=O) groups is 1. The van der Waals surface area contributed by atoms with E-state index in [9.17, 15) is 4.79 Å². The van der Waals surface area contributed by atoms with Crippen molar-refractivity contribution >= 4 is 23.8 Å². The van der Waals surface area contributed by atoms with Gasteiger partial charge in [-0.05, 0) is 29.3 Å². The van der Waals surface area contributed by atoms with E-state index in [0.717, 1.165) is 11.1 Å². The highest BCUT2D eigenvalue weighted by molar-refractivity contribution is 6.32. The number of methoxy groups -OCH3 is 1. The lowest BCUT2D eigenvalue weighted by molar-refractivity contribution is 0.141. The molecule has 1 N–H and O–H groups in total. The molecule has 0 aromatic heterocycles. The molecule has 23 heavy (non-hydrogen) atoms. The molecule has 0 saturated heterocycles. The Labute approximate surface area is 140 Å². The second-order valence-electron chi connectivity index (χ2n) is 4.73. The second kappa shape index (κ2) is 8.86. The van der Waals surface area contributed by atoms with Crippen LogP contribution in [0.2, 0.25) is 5.02 Å². The predicted octanol–water partition coefficient (Wildman–Crippen LogP) is 4.29. The van der Waals surface area contributed by atoms with Crippen LogP contribution in [0.1, 0.15) is 11.1 Å². The number of halogens is 1. The number of alkyl carbamates (subject to hydrolysis) is 1. The number of hydrogen-bond donors (Lipinski definition) is 1. The van der Waals surface area contributed by atoms with E-state index in [1.165, 1.54) is 0 Å². The molecular formula is C18H18ClNO3. The third-order valence-electron chi connectivity index (χ3n) is 3.08. The van der Waals surface area contributed by atoms with Crippen LogP contribution >= 0.6 is 11.6 Å². The number of carbonyl (C=O) groups excluding carboxylic acids is 1. The maximum atomic E-state index is 11.6. The Morgan fingerprint density at radius 2 is 2.00 bits per heavy atom. The minimum absolute atomic E-state index is 0.251. The molecule has 0 fully saturated rings. The first-order valence-corrected chi connectivity index (χ1v) is 7.51. The molecular weight excluding hydrogens is 314 g/mol. The summed E-state index contributed by atoms with van der Waals surface area (Å²) in [5, 5.41) is 3.24. The molecule has 2 aromatic rings. The van der Waals surface area contributed by atoms with Gasteiger partial charge in [0.25, 0.3) is 0 Å². The van der Waals surface area contributed by atoms with Gasteiger partial charge in [-0.1, -0.05) is 54.1 Å². The summed E-state index contributed by atoms with van der Waals surface area (Å²) in [5.41, 5.74) is 1.80. The van der Waals surface area contributed by atoms with Crippen molar-refractivity contribution in [3.63, 3.8) is 0 Å². The van der Waals surface area contributed by atoms with Crippen LogP contribution in [0.5, 0.6) is 5.75 Å². The molecule has 4 nitrogen and oxygen atoms in total. The minimum Gasteiger partial charge on any atom is -0.497 e. The molecule has 2 rings (SSSR count). The molecule has 0 atom stereocenters. The van der Waals surface area contributed by atoms with E-state index in [2.05, 4.69) is 5.32 Å². The number of benzene rings is 2. The van der Waals surface area contributed by atoms with Crippen LogP contribution in [0, 0.1) is 0 Å². The maximum absolute atomic E-state index is 11.6. The lowest BCUT2D eigenvalue weighted by Crippen LogP contribution is -2.24. The molecule has 0 unspecified atom stereocenters. The number of rotatable bonds is 6. The molecule has 120 valence electrons. The van der Waals surface area contributed by atoms with Gasteiger partial charge in [-0.25, -0.2) is 4.79 Å². The first kappa shape index (κ1) is 16.9. The zero-order valence-electron chi connectivity index (χ0n) is 12.8. The van der Waals surface area contributed by atoms with Crippen molar-refractivity contribution in [3.8, 4) is 5.75 Å². The van der Waals surface area contributed by atoms with Crippen LogP contribution in [-0.2, 0) is 11.3 Å². The number of hydrogen-bond acceptors (Lipinski definition) is 3. The fourth-order valence-corrected chi connectivity index (χ4v) is 2.11. The third-order valence-corrected chi connectivity index (χ3v) is 3.41. The van der Waals surface area contributed by atoms with Crippen LogP contribution in [-0.4, -0.2) is 19.7 Å². The molecule has 0 aliphatic rings. The number of nitrogens with one attached hydrogen (secondary N) is 1. The van der Waals surface area contributed by atoms with E-state index in [1.54, 1.807) is 19.3 Å². The monoisotopic (exact) mass is 331 g/mol. The Balaban J connectivity index is 1.74. The summed E-state index contributed by atoms with van der Waals surface area (Å²) >= 11 is 6.12. The maximum Gasteiger partial charge on any atom is 0.407 e. The quantitative estimate of drug-likeness (QED) is 0.859. The predicted molar refractivity (Wildman–Crippen MR) is 91.7 cm³/mol. The standard InChI is InChI=1S/C18H18ClNO3/c1-22-16-10-9-15(17(19)12-16)8-5-11-20-18(21)23-13-14-6-3-2-4-7-14/h2-10,12H,11,13H2,1H3,(H,20,21). The van der Waals surface area contributed by atoms with Crippen molar-refractivity contribution in [1.82, 2.24) is 5.32 Å². The van der Waals surface area contributed by atoms with Crippen molar-refractivity contribution in [1.29, 1.82) is 0 Å². The Bertz CT molecular complexity index is 671. The van der Waals surface area contributed by atoms with Crippen LogP contribution in [0.3, 0.4) is 0 Å². The first-order chi connectivity index (χ1) is 11.2. The fourth-order valence-electron chi connectivity index (χ4n) is 1.87. The van der Waals surface area contributed by atoms with E-state index < -0.39 is 6.09 Å². The molecule has 0 aliphatic carbocycles. The third kappa shape index (κ3) is 5.68. The lowest BCUT2D eigenvalue weighted by atomic mass is 10.2.